The molecule has 2 aromatic heterocycles. The monoisotopic (exact) mass is 341 g/mol. The Balaban J connectivity index is 1.35. The normalized spacial score (nSPS) is 19.2. The minimum Gasteiger partial charge on any atom is -0.298 e. The number of aromatic amines is 1. The Hall–Kier alpha value is -1.95. The Labute approximate surface area is 148 Å². The standard InChI is InChI=1S/C19H27N5O/c1-19(2,3)16-6-7-17(25)24(22-16)11-13-9-23(10-13)12-15-8-20-21-18(15)14-4-5-14/h6-8,13-14H,4-5,9-12H2,1-3H3,(H,20,21). The first kappa shape index (κ1) is 16.5. The van der Waals surface area contributed by atoms with E-state index in [2.05, 4.69) is 41.0 Å². The molecule has 1 saturated carbocycles. The smallest absolute Gasteiger partial charge is 0.266 e. The van der Waals surface area contributed by atoms with E-state index in [0.29, 0.717) is 18.4 Å². The van der Waals surface area contributed by atoms with Crippen molar-refractivity contribution < 1.29 is 0 Å². The molecule has 0 radical (unpaired) electrons. The Morgan fingerprint density at radius 1 is 1.24 bits per heavy atom. The fourth-order valence-corrected chi connectivity index (χ4v) is 3.56. The van der Waals surface area contributed by atoms with E-state index in [9.17, 15) is 4.79 Å². The molecule has 0 bridgehead atoms. The lowest BCUT2D eigenvalue weighted by atomic mass is 9.92. The molecule has 0 spiro atoms. The first-order valence-corrected chi connectivity index (χ1v) is 9.23. The molecule has 3 heterocycles. The Morgan fingerprint density at radius 3 is 2.68 bits per heavy atom. The van der Waals surface area contributed by atoms with Gasteiger partial charge in [-0.1, -0.05) is 20.8 Å². The van der Waals surface area contributed by atoms with E-state index < -0.39 is 0 Å². The van der Waals surface area contributed by atoms with Crippen LogP contribution in [-0.2, 0) is 18.5 Å². The van der Waals surface area contributed by atoms with Crippen LogP contribution in [0, 0.1) is 5.92 Å². The maximum absolute atomic E-state index is 12.1. The zero-order valence-corrected chi connectivity index (χ0v) is 15.3. The molecule has 4 rings (SSSR count). The summed E-state index contributed by atoms with van der Waals surface area (Å²) in [6.07, 6.45) is 4.55. The number of hydrogen-bond acceptors (Lipinski definition) is 4. The molecule has 0 unspecified atom stereocenters. The van der Waals surface area contributed by atoms with Crippen molar-refractivity contribution in [2.75, 3.05) is 13.1 Å². The summed E-state index contributed by atoms with van der Waals surface area (Å²) in [4.78, 5) is 14.5. The number of likely N-dealkylation sites (tertiary alicyclic amines) is 1. The van der Waals surface area contributed by atoms with Gasteiger partial charge in [-0.05, 0) is 18.9 Å². The zero-order valence-electron chi connectivity index (χ0n) is 15.3. The molecule has 2 aliphatic rings. The van der Waals surface area contributed by atoms with Crippen molar-refractivity contribution in [1.82, 2.24) is 24.9 Å². The maximum Gasteiger partial charge on any atom is 0.266 e. The van der Waals surface area contributed by atoms with Crippen molar-refractivity contribution in [3.05, 3.63) is 45.6 Å². The maximum atomic E-state index is 12.1. The van der Waals surface area contributed by atoms with Crippen molar-refractivity contribution in [3.8, 4) is 0 Å². The van der Waals surface area contributed by atoms with E-state index in [1.165, 1.54) is 24.1 Å². The minimum absolute atomic E-state index is 0.00250. The van der Waals surface area contributed by atoms with Gasteiger partial charge in [0.05, 0.1) is 18.4 Å². The van der Waals surface area contributed by atoms with Gasteiger partial charge >= 0.3 is 0 Å². The summed E-state index contributed by atoms with van der Waals surface area (Å²) < 4.78 is 1.65. The molecule has 6 heteroatoms. The van der Waals surface area contributed by atoms with E-state index in [1.807, 2.05) is 12.3 Å². The molecule has 1 saturated heterocycles. The number of hydrogen-bond donors (Lipinski definition) is 1. The molecule has 1 aliphatic carbocycles. The number of H-pyrrole nitrogens is 1. The van der Waals surface area contributed by atoms with Crippen LogP contribution in [0.3, 0.4) is 0 Å². The summed E-state index contributed by atoms with van der Waals surface area (Å²) in [5.41, 5.74) is 3.60. The van der Waals surface area contributed by atoms with E-state index in [0.717, 1.165) is 25.3 Å². The molecule has 6 nitrogen and oxygen atoms in total. The van der Waals surface area contributed by atoms with Crippen molar-refractivity contribution in [2.45, 2.75) is 58.0 Å². The van der Waals surface area contributed by atoms with Crippen molar-refractivity contribution in [2.24, 2.45) is 5.92 Å². The van der Waals surface area contributed by atoms with Crippen LogP contribution < -0.4 is 5.56 Å². The average Bonchev–Trinajstić information content (AvgIpc) is 3.25. The first-order chi connectivity index (χ1) is 11.9. The summed E-state index contributed by atoms with van der Waals surface area (Å²) in [6.45, 7) is 10.1. The van der Waals surface area contributed by atoms with Crippen LogP contribution in [0.1, 0.15) is 56.5 Å². The summed E-state index contributed by atoms with van der Waals surface area (Å²) in [7, 11) is 0. The highest BCUT2D eigenvalue weighted by Gasteiger charge is 2.32. The summed E-state index contributed by atoms with van der Waals surface area (Å²) >= 11 is 0. The van der Waals surface area contributed by atoms with E-state index in [1.54, 1.807) is 10.7 Å². The molecule has 134 valence electrons. The number of aromatic nitrogens is 4. The molecule has 25 heavy (non-hydrogen) atoms. The quantitative estimate of drug-likeness (QED) is 0.906. The fourth-order valence-electron chi connectivity index (χ4n) is 3.56. The minimum atomic E-state index is -0.0401. The van der Waals surface area contributed by atoms with Gasteiger partial charge in [-0.15, -0.1) is 0 Å². The number of nitrogens with one attached hydrogen (secondary N) is 1. The van der Waals surface area contributed by atoms with Gasteiger partial charge in [0.1, 0.15) is 0 Å². The van der Waals surface area contributed by atoms with Crippen LogP contribution in [0.25, 0.3) is 0 Å². The Bertz CT molecular complexity index is 806. The SMILES string of the molecule is CC(C)(C)c1ccc(=O)n(CC2CN(Cc3cn[nH]c3C3CC3)C2)n1. The Kier molecular flexibility index (Phi) is 4.02. The molecule has 2 aromatic rings. The van der Waals surface area contributed by atoms with Crippen LogP contribution in [0.4, 0.5) is 0 Å². The molecule has 0 aromatic carbocycles. The topological polar surface area (TPSA) is 66.8 Å². The van der Waals surface area contributed by atoms with Gasteiger partial charge in [-0.25, -0.2) is 4.68 Å². The molecule has 0 atom stereocenters. The van der Waals surface area contributed by atoms with E-state index in [-0.39, 0.29) is 11.0 Å². The second-order valence-electron chi connectivity index (χ2n) is 8.63. The van der Waals surface area contributed by atoms with Crippen molar-refractivity contribution in [1.29, 1.82) is 0 Å². The second-order valence-corrected chi connectivity index (χ2v) is 8.63. The lowest BCUT2D eigenvalue weighted by Crippen LogP contribution is -2.49. The van der Waals surface area contributed by atoms with Gasteiger partial charge in [0.15, 0.2) is 0 Å². The first-order valence-electron chi connectivity index (χ1n) is 9.23. The molecule has 1 aliphatic heterocycles. The zero-order chi connectivity index (χ0) is 17.6. The molecular weight excluding hydrogens is 314 g/mol. The highest BCUT2D eigenvalue weighted by atomic mass is 16.1. The second kappa shape index (κ2) is 6.09. The van der Waals surface area contributed by atoms with Crippen molar-refractivity contribution >= 4 is 0 Å². The lowest BCUT2D eigenvalue weighted by Gasteiger charge is -2.39. The van der Waals surface area contributed by atoms with Crippen LogP contribution in [0.5, 0.6) is 0 Å². The third kappa shape index (κ3) is 3.54. The summed E-state index contributed by atoms with van der Waals surface area (Å²) in [6, 6.07) is 3.50. The van der Waals surface area contributed by atoms with Crippen LogP contribution in [0.2, 0.25) is 0 Å². The van der Waals surface area contributed by atoms with E-state index in [4.69, 9.17) is 0 Å². The summed E-state index contributed by atoms with van der Waals surface area (Å²) in [5.74, 6) is 1.20. The number of rotatable bonds is 5. The highest BCUT2D eigenvalue weighted by molar-refractivity contribution is 5.24. The molecular formula is C19H27N5O. The molecule has 2 fully saturated rings. The molecule has 1 N–H and O–H groups in total. The average molecular weight is 341 g/mol. The van der Waals surface area contributed by atoms with Crippen molar-refractivity contribution in [3.63, 3.8) is 0 Å². The summed E-state index contributed by atoms with van der Waals surface area (Å²) in [5, 5.41) is 12.0. The van der Waals surface area contributed by atoms with Crippen LogP contribution >= 0.6 is 0 Å². The highest BCUT2D eigenvalue weighted by Crippen LogP contribution is 2.40. The predicted octanol–water partition coefficient (Wildman–Crippen LogP) is 2.27. The third-order valence-electron chi connectivity index (χ3n) is 5.23. The Morgan fingerprint density at radius 2 is 2.00 bits per heavy atom. The molecule has 0 amide bonds. The van der Waals surface area contributed by atoms with Gasteiger partial charge in [0, 0.05) is 54.2 Å². The third-order valence-corrected chi connectivity index (χ3v) is 5.23. The fraction of sp³-hybridized carbons (Fsp3) is 0.632. The van der Waals surface area contributed by atoms with Crippen LogP contribution in [0.15, 0.2) is 23.1 Å². The van der Waals surface area contributed by atoms with Gasteiger partial charge < -0.3 is 0 Å². The van der Waals surface area contributed by atoms with Gasteiger partial charge in [0.25, 0.3) is 5.56 Å². The number of nitrogens with zero attached hydrogens (tertiary/aromatic N) is 4. The van der Waals surface area contributed by atoms with E-state index >= 15 is 0 Å². The van der Waals surface area contributed by atoms with Gasteiger partial charge in [-0.2, -0.15) is 10.2 Å². The predicted molar refractivity (Wildman–Crippen MR) is 96.5 cm³/mol. The lowest BCUT2D eigenvalue weighted by molar-refractivity contribution is 0.0761. The van der Waals surface area contributed by atoms with Crippen LogP contribution in [-0.4, -0.2) is 38.0 Å². The van der Waals surface area contributed by atoms with Gasteiger partial charge in [0.2, 0.25) is 0 Å². The largest absolute Gasteiger partial charge is 0.298 e. The van der Waals surface area contributed by atoms with Gasteiger partial charge in [-0.3, -0.25) is 14.8 Å².